The molecule has 0 aromatic rings. The molecule has 0 heterocycles. The Labute approximate surface area is 168 Å². The molecule has 0 spiro atoms. The summed E-state index contributed by atoms with van der Waals surface area (Å²) in [6.07, 6.45) is 3.75. The summed E-state index contributed by atoms with van der Waals surface area (Å²) in [5, 5.41) is 21.4. The lowest BCUT2D eigenvalue weighted by atomic mass is 9.44. The van der Waals surface area contributed by atoms with E-state index in [2.05, 4.69) is 20.8 Å². The molecule has 2 N–H and O–H groups in total. The first-order valence-electron chi connectivity index (χ1n) is 11.2. The van der Waals surface area contributed by atoms with E-state index in [1.54, 1.807) is 0 Å². The van der Waals surface area contributed by atoms with E-state index in [1.165, 1.54) is 6.92 Å². The van der Waals surface area contributed by atoms with Crippen molar-refractivity contribution in [3.63, 3.8) is 0 Å². The zero-order valence-corrected chi connectivity index (χ0v) is 17.7. The molecule has 4 rings (SSSR count). The Kier molecular flexibility index (Phi) is 4.94. The maximum absolute atomic E-state index is 12.8. The first-order valence-corrected chi connectivity index (χ1v) is 11.2. The lowest BCUT2D eigenvalue weighted by Gasteiger charge is -2.62. The minimum atomic E-state index is -1.01. The molecule has 1 unspecified atom stereocenters. The second kappa shape index (κ2) is 6.80. The van der Waals surface area contributed by atoms with Gasteiger partial charge in [0.05, 0.1) is 6.10 Å². The van der Waals surface area contributed by atoms with Gasteiger partial charge in [0.2, 0.25) is 0 Å². The molecule has 4 aliphatic rings. The molecule has 0 aliphatic heterocycles. The number of ether oxygens (including phenoxy) is 1. The van der Waals surface area contributed by atoms with Crippen molar-refractivity contribution < 1.29 is 24.5 Å². The van der Waals surface area contributed by atoms with E-state index in [1.807, 2.05) is 0 Å². The van der Waals surface area contributed by atoms with Gasteiger partial charge in [-0.1, -0.05) is 20.8 Å². The van der Waals surface area contributed by atoms with Gasteiger partial charge in [0.1, 0.15) is 18.0 Å². The van der Waals surface area contributed by atoms with Crippen molar-refractivity contribution in [3.05, 3.63) is 0 Å². The molecule has 4 aliphatic carbocycles. The number of ketones is 1. The van der Waals surface area contributed by atoms with Gasteiger partial charge in [-0.3, -0.25) is 9.59 Å². The normalized spacial score (nSPS) is 53.1. The van der Waals surface area contributed by atoms with Gasteiger partial charge in [0.25, 0.3) is 0 Å². The van der Waals surface area contributed by atoms with E-state index < -0.39 is 24.3 Å². The van der Waals surface area contributed by atoms with Crippen molar-refractivity contribution >= 4 is 11.8 Å². The number of aliphatic hydroxyl groups excluding tert-OH is 2. The standard InChI is InChI=1S/C23H36O5/c1-5-14-18(25)10-17-13-6-7-16-20(26)21(27)19(28-12(2)24)11-23(16,4)15(13)8-9-22(14,17)3/h13-17,19-21,26-27H,5-11H2,1-4H3/t13-,14+,15+,16?,17+,19+,20-,21+,22-,23-/m1/s1. The Balaban J connectivity index is 1.65. The molecule has 0 aromatic heterocycles. The van der Waals surface area contributed by atoms with E-state index >= 15 is 0 Å². The number of esters is 1. The molecule has 0 bridgehead atoms. The van der Waals surface area contributed by atoms with Crippen molar-refractivity contribution in [1.82, 2.24) is 0 Å². The molecule has 10 atom stereocenters. The van der Waals surface area contributed by atoms with E-state index in [9.17, 15) is 19.8 Å². The highest BCUT2D eigenvalue weighted by atomic mass is 16.6. The van der Waals surface area contributed by atoms with Gasteiger partial charge in [0.15, 0.2) is 0 Å². The Hall–Kier alpha value is -0.940. The lowest BCUT2D eigenvalue weighted by Crippen LogP contribution is -2.62. The number of carbonyl (C=O) groups excluding carboxylic acids is 2. The second-order valence-corrected chi connectivity index (χ2v) is 10.6. The van der Waals surface area contributed by atoms with Gasteiger partial charge < -0.3 is 14.9 Å². The quantitative estimate of drug-likeness (QED) is 0.706. The van der Waals surface area contributed by atoms with Crippen LogP contribution in [0.25, 0.3) is 0 Å². The fraction of sp³-hybridized carbons (Fsp3) is 0.913. The van der Waals surface area contributed by atoms with Gasteiger partial charge in [-0.2, -0.15) is 0 Å². The molecule has 4 fully saturated rings. The number of carbonyl (C=O) groups is 2. The smallest absolute Gasteiger partial charge is 0.302 e. The number of Topliss-reactive ketones (excluding diaryl/α,β-unsaturated/α-hetero) is 1. The molecule has 28 heavy (non-hydrogen) atoms. The zero-order valence-electron chi connectivity index (χ0n) is 17.7. The van der Waals surface area contributed by atoms with Crippen LogP contribution in [0.2, 0.25) is 0 Å². The maximum atomic E-state index is 12.8. The van der Waals surface area contributed by atoms with Gasteiger partial charge in [-0.05, 0) is 73.0 Å². The van der Waals surface area contributed by atoms with Crippen LogP contribution in [0.5, 0.6) is 0 Å². The van der Waals surface area contributed by atoms with Gasteiger partial charge >= 0.3 is 5.97 Å². The fourth-order valence-electron chi connectivity index (χ4n) is 8.27. The molecule has 0 radical (unpaired) electrons. The summed E-state index contributed by atoms with van der Waals surface area (Å²) < 4.78 is 5.42. The highest BCUT2D eigenvalue weighted by Crippen LogP contribution is 2.67. The van der Waals surface area contributed by atoms with Crippen molar-refractivity contribution in [2.45, 2.75) is 91.0 Å². The average molecular weight is 393 g/mol. The molecule has 0 saturated heterocycles. The summed E-state index contributed by atoms with van der Waals surface area (Å²) in [5.74, 6) is 1.58. The predicted molar refractivity (Wildman–Crippen MR) is 104 cm³/mol. The van der Waals surface area contributed by atoms with Crippen LogP contribution in [0.3, 0.4) is 0 Å². The van der Waals surface area contributed by atoms with E-state index in [0.29, 0.717) is 36.4 Å². The predicted octanol–water partition coefficient (Wildman–Crippen LogP) is 3.11. The molecular formula is C23H36O5. The summed E-state index contributed by atoms with van der Waals surface area (Å²) >= 11 is 0. The van der Waals surface area contributed by atoms with Crippen LogP contribution in [-0.2, 0) is 14.3 Å². The maximum Gasteiger partial charge on any atom is 0.302 e. The molecular weight excluding hydrogens is 356 g/mol. The molecule has 5 heteroatoms. The number of fused-ring (bicyclic) bond motifs is 5. The number of hydrogen-bond acceptors (Lipinski definition) is 5. The topological polar surface area (TPSA) is 83.8 Å². The second-order valence-electron chi connectivity index (χ2n) is 10.6. The monoisotopic (exact) mass is 392 g/mol. The molecule has 5 nitrogen and oxygen atoms in total. The highest BCUT2D eigenvalue weighted by molar-refractivity contribution is 5.84. The van der Waals surface area contributed by atoms with Crippen LogP contribution in [0.1, 0.15) is 72.6 Å². The third kappa shape index (κ3) is 2.72. The highest BCUT2D eigenvalue weighted by Gasteiger charge is 2.64. The lowest BCUT2D eigenvalue weighted by molar-refractivity contribution is -0.217. The van der Waals surface area contributed by atoms with Crippen LogP contribution < -0.4 is 0 Å². The first-order chi connectivity index (χ1) is 13.1. The van der Waals surface area contributed by atoms with Crippen molar-refractivity contribution in [3.8, 4) is 0 Å². The van der Waals surface area contributed by atoms with Crippen LogP contribution >= 0.6 is 0 Å². The Bertz CT molecular complexity index is 661. The third-order valence-electron chi connectivity index (χ3n) is 9.50. The van der Waals surface area contributed by atoms with Gasteiger partial charge in [-0.15, -0.1) is 0 Å². The van der Waals surface area contributed by atoms with Gasteiger partial charge in [-0.25, -0.2) is 0 Å². The van der Waals surface area contributed by atoms with Crippen LogP contribution in [0.4, 0.5) is 0 Å². The molecule has 0 amide bonds. The third-order valence-corrected chi connectivity index (χ3v) is 9.50. The number of aliphatic hydroxyl groups is 2. The Morgan fingerprint density at radius 3 is 2.43 bits per heavy atom. The van der Waals surface area contributed by atoms with Crippen LogP contribution in [0.15, 0.2) is 0 Å². The Morgan fingerprint density at radius 1 is 1.07 bits per heavy atom. The minimum Gasteiger partial charge on any atom is -0.460 e. The fourth-order valence-corrected chi connectivity index (χ4v) is 8.27. The van der Waals surface area contributed by atoms with E-state index in [4.69, 9.17) is 4.74 Å². The SMILES string of the molecule is CC[C@H]1C(=O)C[C@H]2[C@@H]3CCC4[C@@H](O)[C@@H](O)[C@@H](OC(C)=O)C[C@]4(C)[C@H]3CC[C@]12C. The number of rotatable bonds is 2. The Morgan fingerprint density at radius 2 is 1.79 bits per heavy atom. The first kappa shape index (κ1) is 20.3. The average Bonchev–Trinajstić information content (AvgIpc) is 2.88. The van der Waals surface area contributed by atoms with Crippen molar-refractivity contribution in [1.29, 1.82) is 0 Å². The summed E-state index contributed by atoms with van der Waals surface area (Å²) in [6, 6.07) is 0. The molecule has 4 saturated carbocycles. The summed E-state index contributed by atoms with van der Waals surface area (Å²) in [5.41, 5.74) is -0.0609. The molecule has 158 valence electrons. The van der Waals surface area contributed by atoms with E-state index in [0.717, 1.165) is 32.1 Å². The van der Waals surface area contributed by atoms with Crippen molar-refractivity contribution in [2.75, 3.05) is 0 Å². The van der Waals surface area contributed by atoms with Crippen LogP contribution in [0, 0.1) is 40.4 Å². The minimum absolute atomic E-state index is 0.0268. The zero-order chi connectivity index (χ0) is 20.4. The summed E-state index contributed by atoms with van der Waals surface area (Å²) in [6.45, 7) is 8.07. The van der Waals surface area contributed by atoms with Gasteiger partial charge in [0, 0.05) is 19.3 Å². The van der Waals surface area contributed by atoms with Crippen LogP contribution in [-0.4, -0.2) is 40.3 Å². The van der Waals surface area contributed by atoms with E-state index in [-0.39, 0.29) is 22.7 Å². The number of hydrogen-bond donors (Lipinski definition) is 2. The van der Waals surface area contributed by atoms with Crippen molar-refractivity contribution in [2.24, 2.45) is 40.4 Å². The summed E-state index contributed by atoms with van der Waals surface area (Å²) in [7, 11) is 0. The summed E-state index contributed by atoms with van der Waals surface area (Å²) in [4.78, 5) is 24.3. The largest absolute Gasteiger partial charge is 0.460 e. The molecule has 0 aromatic carbocycles.